The number of ether oxygens (including phenoxy) is 2. The summed E-state index contributed by atoms with van der Waals surface area (Å²) in [5.74, 6) is 0.893. The van der Waals surface area contributed by atoms with Crippen molar-refractivity contribution in [2.75, 3.05) is 26.7 Å². The normalized spacial score (nSPS) is 20.2. The summed E-state index contributed by atoms with van der Waals surface area (Å²) >= 11 is 2.37. The van der Waals surface area contributed by atoms with Gasteiger partial charge in [0, 0.05) is 17.5 Å². The van der Waals surface area contributed by atoms with E-state index in [0.717, 1.165) is 35.4 Å². The van der Waals surface area contributed by atoms with Crippen molar-refractivity contribution in [1.82, 2.24) is 4.90 Å². The van der Waals surface area contributed by atoms with Gasteiger partial charge in [-0.25, -0.2) is 0 Å². The fraction of sp³-hybridized carbons (Fsp3) is 0.368. The van der Waals surface area contributed by atoms with Crippen LogP contribution in [0.4, 0.5) is 0 Å². The van der Waals surface area contributed by atoms with Crippen LogP contribution in [0.2, 0.25) is 0 Å². The summed E-state index contributed by atoms with van der Waals surface area (Å²) in [5, 5.41) is 0. The molecule has 3 nitrogen and oxygen atoms in total. The number of likely N-dealkylation sites (N-methyl/N-ethyl adjacent to an activating group) is 1. The number of alkyl halides is 1. The minimum atomic E-state index is -0.0931. The molecule has 1 fully saturated rings. The zero-order valence-electron chi connectivity index (χ0n) is 13.3. The second-order valence-electron chi connectivity index (χ2n) is 5.90. The Labute approximate surface area is 151 Å². The summed E-state index contributed by atoms with van der Waals surface area (Å²) in [4.78, 5) is 2.30. The fourth-order valence-corrected chi connectivity index (χ4v) is 3.31. The Kier molecular flexibility index (Phi) is 5.91. The summed E-state index contributed by atoms with van der Waals surface area (Å²) in [7, 11) is 2.13. The van der Waals surface area contributed by atoms with Crippen LogP contribution in [-0.2, 0) is 9.16 Å². The molecule has 1 saturated heterocycles. The summed E-state index contributed by atoms with van der Waals surface area (Å²) in [6.07, 6.45) is -0.0511. The van der Waals surface area contributed by atoms with Gasteiger partial charge in [0.05, 0.1) is 6.61 Å². The van der Waals surface area contributed by atoms with E-state index in [1.165, 1.54) is 5.56 Å². The van der Waals surface area contributed by atoms with E-state index in [1.54, 1.807) is 0 Å². The molecule has 3 rings (SSSR count). The van der Waals surface area contributed by atoms with E-state index >= 15 is 0 Å². The Balaban J connectivity index is 1.82. The van der Waals surface area contributed by atoms with Gasteiger partial charge in [-0.2, -0.15) is 0 Å². The summed E-state index contributed by atoms with van der Waals surface area (Å²) in [6, 6.07) is 18.7. The second-order valence-corrected chi connectivity index (χ2v) is 6.66. The number of nitrogens with zero attached hydrogens (tertiary/aromatic N) is 1. The topological polar surface area (TPSA) is 21.7 Å². The maximum absolute atomic E-state index is 6.33. The zero-order valence-corrected chi connectivity index (χ0v) is 15.5. The standard InChI is InChI=1S/C19H22INO2/c1-21-11-12-22-18(14-21)19(16-5-3-2-4-6-16)23-17-9-7-15(13-20)8-10-17/h2-10,18-19H,11-14H2,1H3/t18?,19-/m0/s1. The van der Waals surface area contributed by atoms with Crippen LogP contribution in [0, 0.1) is 0 Å². The molecule has 0 aromatic heterocycles. The molecule has 0 N–H and O–H groups in total. The van der Waals surface area contributed by atoms with Gasteiger partial charge in [-0.15, -0.1) is 0 Å². The molecular formula is C19H22INO2. The van der Waals surface area contributed by atoms with Gasteiger partial charge in [-0.1, -0.05) is 65.1 Å². The molecule has 0 aliphatic carbocycles. The molecule has 1 aliphatic heterocycles. The summed E-state index contributed by atoms with van der Waals surface area (Å²) in [5.41, 5.74) is 2.47. The van der Waals surface area contributed by atoms with Crippen molar-refractivity contribution in [3.63, 3.8) is 0 Å². The number of morpholine rings is 1. The molecule has 1 aliphatic rings. The largest absolute Gasteiger partial charge is 0.483 e. The lowest BCUT2D eigenvalue weighted by atomic mass is 10.0. The highest BCUT2D eigenvalue weighted by molar-refractivity contribution is 14.1. The van der Waals surface area contributed by atoms with E-state index in [2.05, 4.69) is 83.1 Å². The van der Waals surface area contributed by atoms with E-state index in [9.17, 15) is 0 Å². The highest BCUT2D eigenvalue weighted by Gasteiger charge is 2.29. The Morgan fingerprint density at radius 3 is 2.57 bits per heavy atom. The molecule has 0 radical (unpaired) electrons. The average Bonchev–Trinajstić information content (AvgIpc) is 2.61. The summed E-state index contributed by atoms with van der Waals surface area (Å²) in [6.45, 7) is 2.61. The van der Waals surface area contributed by atoms with E-state index in [4.69, 9.17) is 9.47 Å². The first-order valence-corrected chi connectivity index (χ1v) is 9.45. The van der Waals surface area contributed by atoms with Gasteiger partial charge in [-0.3, -0.25) is 0 Å². The maximum Gasteiger partial charge on any atom is 0.151 e. The van der Waals surface area contributed by atoms with Crippen molar-refractivity contribution in [3.05, 3.63) is 65.7 Å². The third-order valence-electron chi connectivity index (χ3n) is 4.10. The predicted molar refractivity (Wildman–Crippen MR) is 101 cm³/mol. The number of hydrogen-bond acceptors (Lipinski definition) is 3. The minimum Gasteiger partial charge on any atom is -0.483 e. The number of hydrogen-bond donors (Lipinski definition) is 0. The van der Waals surface area contributed by atoms with Crippen LogP contribution >= 0.6 is 22.6 Å². The fourth-order valence-electron chi connectivity index (χ4n) is 2.80. The Hall–Kier alpha value is -1.11. The van der Waals surface area contributed by atoms with Gasteiger partial charge in [0.25, 0.3) is 0 Å². The van der Waals surface area contributed by atoms with Crippen LogP contribution in [-0.4, -0.2) is 37.7 Å². The third-order valence-corrected chi connectivity index (χ3v) is 4.98. The summed E-state index contributed by atoms with van der Waals surface area (Å²) < 4.78 is 13.4. The highest BCUT2D eigenvalue weighted by atomic mass is 127. The first kappa shape index (κ1) is 16.7. The van der Waals surface area contributed by atoms with E-state index in [-0.39, 0.29) is 12.2 Å². The van der Waals surface area contributed by atoms with Crippen LogP contribution < -0.4 is 4.74 Å². The van der Waals surface area contributed by atoms with Crippen molar-refractivity contribution in [1.29, 1.82) is 0 Å². The van der Waals surface area contributed by atoms with E-state index in [0.29, 0.717) is 0 Å². The van der Waals surface area contributed by atoms with E-state index in [1.807, 2.05) is 6.07 Å². The van der Waals surface area contributed by atoms with Crippen LogP contribution in [0.25, 0.3) is 0 Å². The molecule has 1 heterocycles. The Morgan fingerprint density at radius 1 is 1.17 bits per heavy atom. The molecule has 1 unspecified atom stereocenters. The lowest BCUT2D eigenvalue weighted by Gasteiger charge is -2.35. The number of halogens is 1. The molecule has 2 aromatic carbocycles. The highest BCUT2D eigenvalue weighted by Crippen LogP contribution is 2.28. The van der Waals surface area contributed by atoms with Crippen LogP contribution in [0.3, 0.4) is 0 Å². The first-order chi connectivity index (χ1) is 11.3. The van der Waals surface area contributed by atoms with Gasteiger partial charge >= 0.3 is 0 Å². The Morgan fingerprint density at radius 2 is 1.91 bits per heavy atom. The van der Waals surface area contributed by atoms with Crippen molar-refractivity contribution >= 4 is 22.6 Å². The quantitative estimate of drug-likeness (QED) is 0.535. The minimum absolute atomic E-state index is 0.0420. The lowest BCUT2D eigenvalue weighted by molar-refractivity contribution is -0.0760. The Bertz CT molecular complexity index is 603. The maximum atomic E-state index is 6.33. The smallest absolute Gasteiger partial charge is 0.151 e. The number of benzene rings is 2. The van der Waals surface area contributed by atoms with Gasteiger partial charge in [0.1, 0.15) is 11.9 Å². The van der Waals surface area contributed by atoms with Gasteiger partial charge in [0.15, 0.2) is 6.10 Å². The SMILES string of the molecule is CN1CCOC([C@@H](Oc2ccc(CI)cc2)c2ccccc2)C1. The third kappa shape index (κ3) is 4.46. The first-order valence-electron chi connectivity index (χ1n) is 7.93. The molecule has 4 heteroatoms. The van der Waals surface area contributed by atoms with Crippen molar-refractivity contribution < 1.29 is 9.47 Å². The zero-order chi connectivity index (χ0) is 16.1. The molecule has 0 spiro atoms. The molecule has 0 amide bonds. The van der Waals surface area contributed by atoms with Gasteiger partial charge < -0.3 is 14.4 Å². The molecule has 2 atom stereocenters. The van der Waals surface area contributed by atoms with Crippen LogP contribution in [0.1, 0.15) is 17.2 Å². The molecule has 2 aromatic rings. The number of rotatable bonds is 5. The van der Waals surface area contributed by atoms with E-state index < -0.39 is 0 Å². The van der Waals surface area contributed by atoms with Gasteiger partial charge in [-0.05, 0) is 30.3 Å². The molecule has 122 valence electrons. The van der Waals surface area contributed by atoms with Crippen LogP contribution in [0.15, 0.2) is 54.6 Å². The van der Waals surface area contributed by atoms with Gasteiger partial charge in [0.2, 0.25) is 0 Å². The molecule has 0 bridgehead atoms. The van der Waals surface area contributed by atoms with Crippen molar-refractivity contribution in [2.45, 2.75) is 16.6 Å². The van der Waals surface area contributed by atoms with Crippen molar-refractivity contribution in [3.8, 4) is 5.75 Å². The predicted octanol–water partition coefficient (Wildman–Crippen LogP) is 4.07. The molecule has 0 saturated carbocycles. The van der Waals surface area contributed by atoms with Crippen molar-refractivity contribution in [2.24, 2.45) is 0 Å². The molecular weight excluding hydrogens is 401 g/mol. The second kappa shape index (κ2) is 8.13. The average molecular weight is 423 g/mol. The lowest BCUT2D eigenvalue weighted by Crippen LogP contribution is -2.44. The van der Waals surface area contributed by atoms with Crippen LogP contribution in [0.5, 0.6) is 5.75 Å². The molecule has 23 heavy (non-hydrogen) atoms. The monoisotopic (exact) mass is 423 g/mol.